The van der Waals surface area contributed by atoms with Crippen LogP contribution in [-0.4, -0.2) is 132 Å². The number of fused-ring (bicyclic) bond motifs is 4. The number of hydrogen-bond donors (Lipinski definition) is 3. The standard InChI is InChI=1S/C29H42FN3O5.C26H36FN3O4/c1-29(2,3)38-28(36)33-23-8-7-20(14-23)26(33)25(34)16-22(27(31)35)13-19-6-5-18(15-24(19)30)21-9-10-32(17-21)11-12-37-4;1-26(2,3)34-25(33)30-20-7-6-17(11-20)23(30)22(31)13-19(24(28)32)10-16-5-4-15(12-21(16)27)18-8-9-29-14-18/h5-6,15,20-23,26H,7-14,16-17H2,1-4H3,(H2,31,35);4-5,12,17-20,23,29H,6-11,13-14H2,1-3H3,(H2,28,32)/t20-,21?,22+,23+,26-;17-,18?,19+,20+,23-/m00/s1. The van der Waals surface area contributed by atoms with Crippen molar-refractivity contribution >= 4 is 35.6 Å². The van der Waals surface area contributed by atoms with Crippen LogP contribution in [0.25, 0.3) is 0 Å². The lowest BCUT2D eigenvalue weighted by atomic mass is 9.86. The second-order valence-corrected chi connectivity index (χ2v) is 23.2. The lowest BCUT2D eigenvalue weighted by molar-refractivity contribution is -0.131. The first-order valence-corrected chi connectivity index (χ1v) is 26.2. The van der Waals surface area contributed by atoms with E-state index in [4.69, 9.17) is 25.7 Å². The Kier molecular flexibility index (Phi) is 17.5. The average molecular weight is 1010 g/mol. The number of Topliss-reactive ketones (excluding diaryl/α,β-unsaturated/α-hetero) is 2. The first kappa shape index (κ1) is 54.8. The van der Waals surface area contributed by atoms with Crippen molar-refractivity contribution < 1.29 is 51.8 Å². The van der Waals surface area contributed by atoms with Crippen molar-refractivity contribution in [3.63, 3.8) is 0 Å². The van der Waals surface area contributed by atoms with Crippen molar-refractivity contribution in [2.45, 2.75) is 166 Å². The number of likely N-dealkylation sites (tertiary alicyclic amines) is 3. The minimum Gasteiger partial charge on any atom is -0.444 e. The van der Waals surface area contributed by atoms with Gasteiger partial charge < -0.3 is 35.9 Å². The predicted octanol–water partition coefficient (Wildman–Crippen LogP) is 6.95. The second kappa shape index (κ2) is 23.0. The van der Waals surface area contributed by atoms with Gasteiger partial charge in [0, 0.05) is 63.5 Å². The summed E-state index contributed by atoms with van der Waals surface area (Å²) < 4.78 is 46.4. The van der Waals surface area contributed by atoms with Crippen molar-refractivity contribution in [2.75, 3.05) is 46.4 Å². The van der Waals surface area contributed by atoms with Gasteiger partial charge in [0.1, 0.15) is 22.8 Å². The number of ether oxygens (including phenoxy) is 3. The van der Waals surface area contributed by atoms with Crippen molar-refractivity contribution in [2.24, 2.45) is 35.1 Å². The molecule has 4 amide bonds. The zero-order valence-electron chi connectivity index (χ0n) is 43.4. The third kappa shape index (κ3) is 13.4. The van der Waals surface area contributed by atoms with Crippen molar-refractivity contribution in [3.05, 3.63) is 70.3 Å². The van der Waals surface area contributed by atoms with Gasteiger partial charge in [-0.2, -0.15) is 0 Å². The van der Waals surface area contributed by atoms with Gasteiger partial charge in [0.05, 0.1) is 18.7 Å². The number of nitrogens with one attached hydrogen (secondary N) is 1. The highest BCUT2D eigenvalue weighted by Gasteiger charge is 2.54. The average Bonchev–Trinajstić information content (AvgIpc) is 4.18. The molecule has 8 rings (SSSR count). The SMILES string of the molecule is CC(C)(C)OC(=O)N1[C@@H]2CC[C@@H](C2)[C@H]1C(=O)C[C@@H](Cc1ccc(C2CCNC2)cc1F)C(N)=O.COCCN1CCC(c2ccc(C[C@H](CC(=O)[C@@H]3[C@H]4CC[C@H](C4)N3C(=O)OC(C)(C)C)C(N)=O)c(F)c2)C1. The molecular weight excluding hydrogens is 927 g/mol. The first-order valence-electron chi connectivity index (χ1n) is 26.2. The Morgan fingerprint density at radius 2 is 1.15 bits per heavy atom. The number of benzene rings is 2. The Hall–Kier alpha value is -5.00. The molecule has 15 nitrogen and oxygen atoms in total. The smallest absolute Gasteiger partial charge is 0.411 e. The van der Waals surface area contributed by atoms with Crippen LogP contribution in [0, 0.1) is 35.3 Å². The van der Waals surface area contributed by atoms with Crippen LogP contribution in [0.4, 0.5) is 18.4 Å². The van der Waals surface area contributed by atoms with Crippen LogP contribution in [0.5, 0.6) is 0 Å². The van der Waals surface area contributed by atoms with Gasteiger partial charge in [-0.15, -0.1) is 0 Å². The summed E-state index contributed by atoms with van der Waals surface area (Å²) in [6.07, 6.45) is 5.76. The molecule has 2 unspecified atom stereocenters. The fraction of sp³-hybridized carbons (Fsp3) is 0.673. The third-order valence-electron chi connectivity index (χ3n) is 15.7. The van der Waals surface area contributed by atoms with Crippen molar-refractivity contribution in [3.8, 4) is 0 Å². The molecule has 0 spiro atoms. The van der Waals surface area contributed by atoms with Crippen LogP contribution < -0.4 is 16.8 Å². The lowest BCUT2D eigenvalue weighted by Crippen LogP contribution is -2.51. The number of primary amides is 2. The molecule has 0 aromatic heterocycles. The predicted molar refractivity (Wildman–Crippen MR) is 267 cm³/mol. The van der Waals surface area contributed by atoms with Gasteiger partial charge in [-0.1, -0.05) is 24.3 Å². The van der Waals surface area contributed by atoms with E-state index in [2.05, 4.69) is 10.2 Å². The number of halogens is 2. The monoisotopic (exact) mass is 1000 g/mol. The highest BCUT2D eigenvalue weighted by molar-refractivity contribution is 5.93. The van der Waals surface area contributed by atoms with E-state index in [-0.39, 0.29) is 84.6 Å². The van der Waals surface area contributed by atoms with Crippen LogP contribution in [0.15, 0.2) is 36.4 Å². The maximum Gasteiger partial charge on any atom is 0.411 e. The van der Waals surface area contributed by atoms with Gasteiger partial charge >= 0.3 is 12.2 Å². The summed E-state index contributed by atoms with van der Waals surface area (Å²) in [6, 6.07) is 9.05. The first-order chi connectivity index (χ1) is 34.0. The molecule has 2 aromatic rings. The summed E-state index contributed by atoms with van der Waals surface area (Å²) >= 11 is 0. The van der Waals surface area contributed by atoms with E-state index in [1.165, 1.54) is 6.07 Å². The van der Waals surface area contributed by atoms with E-state index in [0.29, 0.717) is 17.7 Å². The van der Waals surface area contributed by atoms with Crippen molar-refractivity contribution in [1.82, 2.24) is 20.0 Å². The molecule has 5 N–H and O–H groups in total. The lowest BCUT2D eigenvalue weighted by Gasteiger charge is -2.36. The fourth-order valence-corrected chi connectivity index (χ4v) is 12.2. The summed E-state index contributed by atoms with van der Waals surface area (Å²) in [5.41, 5.74) is 12.6. The Labute approximate surface area is 423 Å². The molecule has 6 aliphatic rings. The largest absolute Gasteiger partial charge is 0.444 e. The van der Waals surface area contributed by atoms with Crippen LogP contribution >= 0.6 is 0 Å². The van der Waals surface area contributed by atoms with Gasteiger partial charge in [0.15, 0.2) is 11.6 Å². The summed E-state index contributed by atoms with van der Waals surface area (Å²) in [4.78, 5) is 82.7. The Bertz CT molecular complexity index is 2310. The fourth-order valence-electron chi connectivity index (χ4n) is 12.2. The summed E-state index contributed by atoms with van der Waals surface area (Å²) in [6.45, 7) is 15.9. The number of methoxy groups -OCH3 is 1. The summed E-state index contributed by atoms with van der Waals surface area (Å²) in [5.74, 6) is -3.46. The second-order valence-electron chi connectivity index (χ2n) is 23.2. The number of nitrogens with zero attached hydrogens (tertiary/aromatic N) is 3. The molecule has 4 saturated heterocycles. The van der Waals surface area contributed by atoms with Crippen LogP contribution in [-0.2, 0) is 46.2 Å². The van der Waals surface area contributed by atoms with E-state index < -0.39 is 59.1 Å². The molecule has 4 heterocycles. The van der Waals surface area contributed by atoms with Gasteiger partial charge in [-0.25, -0.2) is 18.4 Å². The number of carbonyl (C=O) groups is 6. The van der Waals surface area contributed by atoms with E-state index >= 15 is 4.39 Å². The number of rotatable bonds is 17. The Balaban J connectivity index is 0.000000213. The minimum absolute atomic E-state index is 0.0177. The minimum atomic E-state index is -0.849. The topological polar surface area (TPSA) is 204 Å². The molecule has 2 aliphatic carbocycles. The van der Waals surface area contributed by atoms with Gasteiger partial charge in [-0.3, -0.25) is 29.0 Å². The molecule has 0 radical (unpaired) electrons. The van der Waals surface area contributed by atoms with E-state index in [9.17, 15) is 33.2 Å². The summed E-state index contributed by atoms with van der Waals surface area (Å²) in [7, 11) is 1.68. The molecule has 17 heteroatoms. The van der Waals surface area contributed by atoms with Crippen LogP contribution in [0.2, 0.25) is 0 Å². The zero-order chi connectivity index (χ0) is 52.2. The van der Waals surface area contributed by atoms with Crippen LogP contribution in [0.3, 0.4) is 0 Å². The molecule has 10 atom stereocenters. The molecule has 2 aromatic carbocycles. The van der Waals surface area contributed by atoms with E-state index in [0.717, 1.165) is 95.2 Å². The molecule has 4 aliphatic heterocycles. The number of ketones is 2. The number of piperidine rings is 2. The highest BCUT2D eigenvalue weighted by atomic mass is 19.1. The maximum absolute atomic E-state index is 15.2. The number of nitrogens with two attached hydrogens (primary N) is 2. The Morgan fingerprint density at radius 1 is 0.681 bits per heavy atom. The molecule has 396 valence electrons. The quantitative estimate of drug-likeness (QED) is 0.148. The number of amides is 4. The number of carbonyl (C=O) groups excluding carboxylic acids is 6. The summed E-state index contributed by atoms with van der Waals surface area (Å²) in [5, 5.41) is 3.28. The van der Waals surface area contributed by atoms with E-state index in [1.807, 2.05) is 12.1 Å². The van der Waals surface area contributed by atoms with Gasteiger partial charge in [0.25, 0.3) is 0 Å². The van der Waals surface area contributed by atoms with Crippen molar-refractivity contribution in [1.29, 1.82) is 0 Å². The van der Waals surface area contributed by atoms with Gasteiger partial charge in [0.2, 0.25) is 11.8 Å². The molecule has 6 fully saturated rings. The molecular formula is C55H78F2N6O9. The molecule has 2 saturated carbocycles. The zero-order valence-corrected chi connectivity index (χ0v) is 43.4. The maximum atomic E-state index is 15.2. The molecule has 72 heavy (non-hydrogen) atoms. The van der Waals surface area contributed by atoms with Crippen LogP contribution in [0.1, 0.15) is 140 Å². The molecule has 4 bridgehead atoms. The highest BCUT2D eigenvalue weighted by Crippen LogP contribution is 2.46. The van der Waals surface area contributed by atoms with E-state index in [1.54, 1.807) is 76.7 Å². The van der Waals surface area contributed by atoms with Gasteiger partial charge in [-0.05, 0) is 177 Å². The Morgan fingerprint density at radius 3 is 1.56 bits per heavy atom. The number of hydrogen-bond acceptors (Lipinski definition) is 11. The third-order valence-corrected chi connectivity index (χ3v) is 15.7. The normalized spacial score (nSPS) is 26.6.